The zero-order valence-electron chi connectivity index (χ0n) is 34.6. The number of aliphatic hydroxyl groups excluding tert-OH is 5. The van der Waals surface area contributed by atoms with E-state index in [2.05, 4.69) is 62.5 Å². The van der Waals surface area contributed by atoms with Crippen LogP contribution in [0.3, 0.4) is 0 Å². The topological polar surface area (TPSA) is 210 Å². The summed E-state index contributed by atoms with van der Waals surface area (Å²) in [6.07, 6.45) is 24.5. The lowest BCUT2D eigenvalue weighted by Crippen LogP contribution is -2.64. The normalized spacial score (nSPS) is 23.2. The quantitative estimate of drug-likeness (QED) is 0.0160. The number of hydrogen-bond donors (Lipinski definition) is 6. The molecule has 0 saturated heterocycles. The number of phosphoric acid groups is 1. The molecule has 0 aliphatic heterocycles. The highest BCUT2D eigenvalue weighted by Crippen LogP contribution is 2.47. The van der Waals surface area contributed by atoms with Gasteiger partial charge in [-0.05, 0) is 64.2 Å². The third-order valence-corrected chi connectivity index (χ3v) is 10.6. The zero-order chi connectivity index (χ0) is 42.2. The van der Waals surface area contributed by atoms with Crippen molar-refractivity contribution in [3.63, 3.8) is 0 Å². The van der Waals surface area contributed by atoms with Gasteiger partial charge in [0.2, 0.25) is 0 Å². The molecule has 1 aliphatic rings. The monoisotopic (exact) mass is 830 g/mol. The molecular formula is C43H75O13P. The molecule has 8 atom stereocenters. The number of hydrogen-bond acceptors (Lipinski definition) is 12. The van der Waals surface area contributed by atoms with Crippen LogP contribution in [-0.2, 0) is 32.7 Å². The van der Waals surface area contributed by atoms with Crippen molar-refractivity contribution < 1.29 is 63.1 Å². The molecule has 1 rings (SSSR count). The average molecular weight is 831 g/mol. The average Bonchev–Trinajstić information content (AvgIpc) is 3.19. The number of ether oxygens (including phenoxy) is 2. The minimum absolute atomic E-state index is 0.0758. The smallest absolute Gasteiger partial charge is 0.462 e. The molecular weight excluding hydrogens is 755 g/mol. The van der Waals surface area contributed by atoms with Gasteiger partial charge < -0.3 is 39.9 Å². The van der Waals surface area contributed by atoms with E-state index in [0.717, 1.165) is 89.9 Å². The molecule has 0 amide bonds. The molecule has 13 nitrogen and oxygen atoms in total. The van der Waals surface area contributed by atoms with Gasteiger partial charge in [-0.1, -0.05) is 127 Å². The van der Waals surface area contributed by atoms with Crippen molar-refractivity contribution in [2.45, 2.75) is 198 Å². The number of rotatable bonds is 34. The van der Waals surface area contributed by atoms with Crippen LogP contribution in [0, 0.1) is 0 Å². The molecule has 0 spiro atoms. The molecule has 0 aromatic rings. The van der Waals surface area contributed by atoms with Gasteiger partial charge in [0.25, 0.3) is 0 Å². The van der Waals surface area contributed by atoms with Gasteiger partial charge in [0.05, 0.1) is 6.61 Å². The SMILES string of the molecule is CCCC/C=C/C/C=C/CCCCCCCC(=O)OC[C@H](COP(=O)(O)OC1C(O)C(O)C(O)[C@@H](O)C1O)OC(=O)CCCCCCC/C=C/C/C=C/CCCC. The Labute approximate surface area is 341 Å². The minimum atomic E-state index is -5.12. The molecule has 0 aromatic heterocycles. The van der Waals surface area contributed by atoms with Crippen LogP contribution in [0.1, 0.15) is 155 Å². The number of allylic oxidation sites excluding steroid dienone is 8. The van der Waals surface area contributed by atoms with Crippen molar-refractivity contribution in [2.24, 2.45) is 0 Å². The number of unbranched alkanes of at least 4 members (excludes halogenated alkanes) is 14. The van der Waals surface area contributed by atoms with Gasteiger partial charge in [0.1, 0.15) is 43.2 Å². The van der Waals surface area contributed by atoms with E-state index in [1.165, 1.54) is 25.7 Å². The lowest BCUT2D eigenvalue weighted by atomic mass is 9.85. The van der Waals surface area contributed by atoms with Crippen LogP contribution < -0.4 is 0 Å². The Hall–Kier alpha value is -2.19. The Morgan fingerprint density at radius 2 is 0.947 bits per heavy atom. The number of aliphatic hydroxyl groups is 5. The van der Waals surface area contributed by atoms with Crippen LogP contribution in [0.4, 0.5) is 0 Å². The molecule has 330 valence electrons. The number of phosphoric ester groups is 1. The summed E-state index contributed by atoms with van der Waals surface area (Å²) >= 11 is 0. The third kappa shape index (κ3) is 26.5. The molecule has 6 N–H and O–H groups in total. The van der Waals surface area contributed by atoms with Crippen LogP contribution in [0.15, 0.2) is 48.6 Å². The maximum absolute atomic E-state index is 12.8. The Kier molecular flexibility index (Phi) is 31.2. The fourth-order valence-corrected chi connectivity index (χ4v) is 7.06. The van der Waals surface area contributed by atoms with E-state index in [4.69, 9.17) is 18.5 Å². The number of carbonyl (C=O) groups is 2. The summed E-state index contributed by atoms with van der Waals surface area (Å²) in [5.41, 5.74) is 0. The van der Waals surface area contributed by atoms with Crippen molar-refractivity contribution in [1.82, 2.24) is 0 Å². The van der Waals surface area contributed by atoms with Crippen molar-refractivity contribution in [3.8, 4) is 0 Å². The van der Waals surface area contributed by atoms with Crippen molar-refractivity contribution >= 4 is 19.8 Å². The van der Waals surface area contributed by atoms with Crippen molar-refractivity contribution in [3.05, 3.63) is 48.6 Å². The standard InChI is InChI=1S/C43H75O13P/c1-3-5-7-9-11-13-15-17-19-21-23-25-27-29-31-36(44)53-33-35(34-54-57(51,52)56-43-41(49)39(47)38(46)40(48)42(43)50)55-37(45)32-30-28-26-24-22-20-18-16-14-12-10-8-6-4-2/h9-12,15-18,35,38-43,46-50H,3-8,13-14,19-34H2,1-2H3,(H,51,52)/b11-9+,12-10+,17-15+,18-16+/t35-,38?,39-,40?,41?,42?,43?/m1/s1. The van der Waals surface area contributed by atoms with Crippen molar-refractivity contribution in [1.29, 1.82) is 0 Å². The predicted octanol–water partition coefficient (Wildman–Crippen LogP) is 7.61. The highest BCUT2D eigenvalue weighted by atomic mass is 31.2. The lowest BCUT2D eigenvalue weighted by Gasteiger charge is -2.41. The predicted molar refractivity (Wildman–Crippen MR) is 221 cm³/mol. The first kappa shape index (κ1) is 52.8. The van der Waals surface area contributed by atoms with E-state index in [1.807, 2.05) is 0 Å². The maximum Gasteiger partial charge on any atom is 0.472 e. The third-order valence-electron chi connectivity index (χ3n) is 9.64. The first-order chi connectivity index (χ1) is 27.4. The summed E-state index contributed by atoms with van der Waals surface area (Å²) < 4.78 is 33.4. The summed E-state index contributed by atoms with van der Waals surface area (Å²) in [5, 5.41) is 50.0. The Bertz CT molecular complexity index is 1190. The van der Waals surface area contributed by atoms with E-state index in [9.17, 15) is 44.6 Å². The second-order valence-electron chi connectivity index (χ2n) is 14.8. The molecule has 1 saturated carbocycles. The molecule has 0 heterocycles. The Morgan fingerprint density at radius 1 is 0.544 bits per heavy atom. The van der Waals surface area contributed by atoms with Crippen LogP contribution in [0.2, 0.25) is 0 Å². The fraction of sp³-hybridized carbons (Fsp3) is 0.767. The van der Waals surface area contributed by atoms with E-state index < -0.39 is 75.7 Å². The fourth-order valence-electron chi connectivity index (χ4n) is 6.08. The Morgan fingerprint density at radius 3 is 1.42 bits per heavy atom. The number of carbonyl (C=O) groups excluding carboxylic acids is 2. The van der Waals surface area contributed by atoms with Gasteiger partial charge in [-0.25, -0.2) is 4.57 Å². The zero-order valence-corrected chi connectivity index (χ0v) is 35.5. The highest BCUT2D eigenvalue weighted by molar-refractivity contribution is 7.47. The van der Waals surface area contributed by atoms with Gasteiger partial charge >= 0.3 is 19.8 Å². The summed E-state index contributed by atoms with van der Waals surface area (Å²) in [6, 6.07) is 0. The molecule has 1 fully saturated rings. The summed E-state index contributed by atoms with van der Waals surface area (Å²) in [5.74, 6) is -1.14. The van der Waals surface area contributed by atoms with E-state index in [1.54, 1.807) is 0 Å². The first-order valence-electron chi connectivity index (χ1n) is 21.4. The summed E-state index contributed by atoms with van der Waals surface area (Å²) in [4.78, 5) is 35.6. The number of esters is 2. The molecule has 1 aliphatic carbocycles. The van der Waals surface area contributed by atoms with E-state index in [-0.39, 0.29) is 12.8 Å². The van der Waals surface area contributed by atoms with E-state index >= 15 is 0 Å². The largest absolute Gasteiger partial charge is 0.472 e. The maximum atomic E-state index is 12.8. The van der Waals surface area contributed by atoms with Crippen LogP contribution >= 0.6 is 7.82 Å². The van der Waals surface area contributed by atoms with Crippen LogP contribution in [0.5, 0.6) is 0 Å². The highest BCUT2D eigenvalue weighted by Gasteiger charge is 2.51. The molecule has 0 radical (unpaired) electrons. The molecule has 57 heavy (non-hydrogen) atoms. The van der Waals surface area contributed by atoms with Gasteiger partial charge in [-0.15, -0.1) is 0 Å². The first-order valence-corrected chi connectivity index (χ1v) is 22.9. The second kappa shape index (κ2) is 33.6. The second-order valence-corrected chi connectivity index (χ2v) is 16.2. The van der Waals surface area contributed by atoms with Gasteiger partial charge in [0.15, 0.2) is 6.10 Å². The van der Waals surface area contributed by atoms with Gasteiger partial charge in [-0.2, -0.15) is 0 Å². The van der Waals surface area contributed by atoms with Crippen LogP contribution in [-0.4, -0.2) is 98.3 Å². The Balaban J connectivity index is 2.52. The minimum Gasteiger partial charge on any atom is -0.462 e. The van der Waals surface area contributed by atoms with Crippen molar-refractivity contribution in [2.75, 3.05) is 13.2 Å². The van der Waals surface area contributed by atoms with Gasteiger partial charge in [-0.3, -0.25) is 18.6 Å². The summed E-state index contributed by atoms with van der Waals surface area (Å²) in [6.45, 7) is 3.17. The van der Waals surface area contributed by atoms with Gasteiger partial charge in [0, 0.05) is 12.8 Å². The van der Waals surface area contributed by atoms with Crippen LogP contribution in [0.25, 0.3) is 0 Å². The lowest BCUT2D eigenvalue weighted by molar-refractivity contribution is -0.220. The summed E-state index contributed by atoms with van der Waals surface area (Å²) in [7, 11) is -5.12. The van der Waals surface area contributed by atoms with E-state index in [0.29, 0.717) is 12.8 Å². The molecule has 0 bridgehead atoms. The molecule has 14 heteroatoms. The molecule has 6 unspecified atom stereocenters. The molecule has 0 aromatic carbocycles.